The third-order valence-electron chi connectivity index (χ3n) is 8.67. The molecule has 0 unspecified atom stereocenters. The zero-order valence-corrected chi connectivity index (χ0v) is 30.0. The summed E-state index contributed by atoms with van der Waals surface area (Å²) in [7, 11) is 0. The predicted molar refractivity (Wildman–Crippen MR) is 207 cm³/mol. The van der Waals surface area contributed by atoms with E-state index < -0.39 is 0 Å². The number of hydrogen-bond donors (Lipinski definition) is 2. The second-order valence-corrected chi connectivity index (χ2v) is 12.6. The molecule has 0 fully saturated rings. The quantitative estimate of drug-likeness (QED) is 0.157. The van der Waals surface area contributed by atoms with Gasteiger partial charge in [-0.1, -0.05) is 96.5 Å². The van der Waals surface area contributed by atoms with E-state index in [4.69, 9.17) is 11.6 Å². The lowest BCUT2D eigenvalue weighted by Gasteiger charge is -2.16. The molecule has 0 aliphatic heterocycles. The van der Waals surface area contributed by atoms with Gasteiger partial charge in [-0.25, -0.2) is 9.97 Å². The van der Waals surface area contributed by atoms with E-state index in [2.05, 4.69) is 19.9 Å². The van der Waals surface area contributed by atoms with Gasteiger partial charge in [0.25, 0.3) is 11.1 Å². The lowest BCUT2D eigenvalue weighted by atomic mass is 10.1. The van der Waals surface area contributed by atoms with Gasteiger partial charge >= 0.3 is 0 Å². The fourth-order valence-electron chi connectivity index (χ4n) is 5.94. The van der Waals surface area contributed by atoms with Crippen LogP contribution in [0.3, 0.4) is 0 Å². The highest BCUT2D eigenvalue weighted by Gasteiger charge is 2.20. The SMILES string of the molecule is Cc1nc(-c2ccccc2O)n(CCc2ccccc2)c(=O)c1-c1cnccn1.Cc1nc(-c2ccccc2O)n(CCc2ccccc2)c(=O)c1Cl. The average Bonchev–Trinajstić information content (AvgIpc) is 3.18. The highest BCUT2D eigenvalue weighted by Crippen LogP contribution is 2.29. The van der Waals surface area contributed by atoms with E-state index in [9.17, 15) is 19.8 Å². The number of hydrogen-bond acceptors (Lipinski definition) is 8. The van der Waals surface area contributed by atoms with Crippen molar-refractivity contribution in [2.24, 2.45) is 0 Å². The zero-order valence-electron chi connectivity index (χ0n) is 29.2. The molecule has 0 saturated heterocycles. The van der Waals surface area contributed by atoms with Crippen LogP contribution in [0.4, 0.5) is 0 Å². The molecule has 0 radical (unpaired) electrons. The monoisotopic (exact) mass is 724 g/mol. The molecule has 0 saturated carbocycles. The van der Waals surface area contributed by atoms with Gasteiger partial charge in [-0.15, -0.1) is 0 Å². The molecule has 53 heavy (non-hydrogen) atoms. The van der Waals surface area contributed by atoms with Crippen molar-refractivity contribution in [1.82, 2.24) is 29.1 Å². The van der Waals surface area contributed by atoms with Gasteiger partial charge in [0.2, 0.25) is 0 Å². The van der Waals surface area contributed by atoms with Crippen LogP contribution in [0.5, 0.6) is 11.5 Å². The topological polar surface area (TPSA) is 136 Å². The van der Waals surface area contributed by atoms with E-state index in [-0.39, 0.29) is 27.6 Å². The summed E-state index contributed by atoms with van der Waals surface area (Å²) in [5.41, 5.74) is 4.68. The van der Waals surface area contributed by atoms with Crippen LogP contribution in [-0.2, 0) is 25.9 Å². The van der Waals surface area contributed by atoms with Crippen LogP contribution in [0.25, 0.3) is 34.0 Å². The Hall–Kier alpha value is -6.39. The van der Waals surface area contributed by atoms with Crippen LogP contribution >= 0.6 is 11.6 Å². The second kappa shape index (κ2) is 16.8. The summed E-state index contributed by atoms with van der Waals surface area (Å²) in [5.74, 6) is 1.03. The molecule has 0 amide bonds. The number of benzene rings is 4. The average molecular weight is 725 g/mol. The molecule has 0 aliphatic carbocycles. The Kier molecular flexibility index (Phi) is 11.5. The summed E-state index contributed by atoms with van der Waals surface area (Å²) in [6.07, 6.45) is 6.01. The number of aromatic hydroxyl groups is 2. The Labute approximate surface area is 311 Å². The van der Waals surface area contributed by atoms with Crippen molar-refractivity contribution in [3.8, 4) is 45.5 Å². The zero-order chi connectivity index (χ0) is 37.3. The highest BCUT2D eigenvalue weighted by atomic mass is 35.5. The molecule has 4 aromatic carbocycles. The molecule has 10 nitrogen and oxygen atoms in total. The molecule has 7 aromatic rings. The summed E-state index contributed by atoms with van der Waals surface area (Å²) >= 11 is 6.11. The van der Waals surface area contributed by atoms with Crippen molar-refractivity contribution < 1.29 is 10.2 Å². The normalized spacial score (nSPS) is 10.8. The van der Waals surface area contributed by atoms with Gasteiger partial charge in [-0.05, 0) is 62.1 Å². The predicted octanol–water partition coefficient (Wildman–Crippen LogP) is 7.44. The van der Waals surface area contributed by atoms with Crippen molar-refractivity contribution in [1.29, 1.82) is 0 Å². The van der Waals surface area contributed by atoms with Gasteiger partial charge in [0.15, 0.2) is 0 Å². The first-order valence-corrected chi connectivity index (χ1v) is 17.4. The third-order valence-corrected chi connectivity index (χ3v) is 9.11. The molecule has 266 valence electrons. The van der Waals surface area contributed by atoms with Crippen molar-refractivity contribution in [2.75, 3.05) is 0 Å². The van der Waals surface area contributed by atoms with Crippen LogP contribution in [0.2, 0.25) is 5.02 Å². The molecule has 3 aromatic heterocycles. The summed E-state index contributed by atoms with van der Waals surface area (Å²) in [5, 5.41) is 20.6. The Morgan fingerprint density at radius 2 is 1.08 bits per heavy atom. The fraction of sp³-hybridized carbons (Fsp3) is 0.143. The summed E-state index contributed by atoms with van der Waals surface area (Å²) < 4.78 is 3.14. The molecule has 0 aliphatic rings. The minimum Gasteiger partial charge on any atom is -0.507 e. The number of phenolic OH excluding ortho intramolecular Hbond substituents is 2. The number of halogens is 1. The van der Waals surface area contributed by atoms with E-state index in [0.29, 0.717) is 71.4 Å². The van der Waals surface area contributed by atoms with Crippen LogP contribution in [-0.4, -0.2) is 39.3 Å². The summed E-state index contributed by atoms with van der Waals surface area (Å²) in [4.78, 5) is 43.6. The lowest BCUT2D eigenvalue weighted by Crippen LogP contribution is -2.27. The Morgan fingerprint density at radius 1 is 0.604 bits per heavy atom. The van der Waals surface area contributed by atoms with E-state index in [0.717, 1.165) is 11.1 Å². The molecule has 2 N–H and O–H groups in total. The minimum absolute atomic E-state index is 0.0829. The number of nitrogens with zero attached hydrogens (tertiary/aromatic N) is 6. The standard InChI is InChI=1S/C23H20N4O2.C19H17ClN2O2/c1-16-21(19-15-24-12-13-25-19)23(29)27(14-11-17-7-3-2-4-8-17)22(26-16)18-9-5-6-10-20(18)28;1-13-17(20)19(24)22(12-11-14-7-3-2-4-8-14)18(21-13)15-9-5-6-10-16(15)23/h2-10,12-13,15,28H,11,14H2,1H3;2-10,23H,11-12H2,1H3. The van der Waals surface area contributed by atoms with E-state index in [1.807, 2.05) is 66.7 Å². The maximum Gasteiger partial charge on any atom is 0.272 e. The largest absolute Gasteiger partial charge is 0.507 e. The lowest BCUT2D eigenvalue weighted by molar-refractivity contribution is 0.475. The van der Waals surface area contributed by atoms with Gasteiger partial charge < -0.3 is 10.2 Å². The Balaban J connectivity index is 0.000000185. The van der Waals surface area contributed by atoms with Crippen LogP contribution in [0.1, 0.15) is 22.5 Å². The van der Waals surface area contributed by atoms with E-state index in [1.165, 1.54) is 4.57 Å². The molecule has 0 bridgehead atoms. The van der Waals surface area contributed by atoms with E-state index in [1.54, 1.807) is 79.5 Å². The number of aryl methyl sites for hydroxylation is 4. The molecular weight excluding hydrogens is 688 g/mol. The van der Waals surface area contributed by atoms with Gasteiger partial charge in [0.05, 0.1) is 40.0 Å². The summed E-state index contributed by atoms with van der Waals surface area (Å²) in [6, 6.07) is 33.6. The first kappa shape index (κ1) is 36.4. The van der Waals surface area contributed by atoms with Crippen molar-refractivity contribution >= 4 is 11.6 Å². The number of rotatable bonds is 9. The fourth-order valence-corrected chi connectivity index (χ4v) is 6.09. The molecular formula is C42H37ClN6O4. The van der Waals surface area contributed by atoms with Crippen LogP contribution in [0.15, 0.2) is 137 Å². The third kappa shape index (κ3) is 8.40. The van der Waals surface area contributed by atoms with Gasteiger partial charge in [0.1, 0.15) is 28.2 Å². The summed E-state index contributed by atoms with van der Waals surface area (Å²) in [6.45, 7) is 4.32. The molecule has 7 rings (SSSR count). The van der Waals surface area contributed by atoms with Gasteiger partial charge in [0, 0.05) is 25.5 Å². The van der Waals surface area contributed by atoms with Crippen molar-refractivity contribution in [2.45, 2.75) is 39.8 Å². The van der Waals surface area contributed by atoms with Crippen molar-refractivity contribution in [3.05, 3.63) is 176 Å². The van der Waals surface area contributed by atoms with Crippen molar-refractivity contribution in [3.63, 3.8) is 0 Å². The van der Waals surface area contributed by atoms with Gasteiger partial charge in [-0.2, -0.15) is 0 Å². The molecule has 3 heterocycles. The maximum absolute atomic E-state index is 13.5. The van der Waals surface area contributed by atoms with Crippen LogP contribution in [0, 0.1) is 13.8 Å². The Bertz CT molecular complexity index is 2450. The smallest absolute Gasteiger partial charge is 0.272 e. The first-order valence-electron chi connectivity index (χ1n) is 17.0. The molecule has 11 heteroatoms. The minimum atomic E-state index is -0.293. The van der Waals surface area contributed by atoms with Crippen LogP contribution < -0.4 is 11.1 Å². The number of aromatic nitrogens is 6. The van der Waals surface area contributed by atoms with Gasteiger partial charge in [-0.3, -0.25) is 28.7 Å². The Morgan fingerprint density at radius 3 is 1.57 bits per heavy atom. The second-order valence-electron chi connectivity index (χ2n) is 12.2. The number of para-hydroxylation sites is 2. The first-order chi connectivity index (χ1) is 25.7. The van der Waals surface area contributed by atoms with E-state index >= 15 is 0 Å². The highest BCUT2D eigenvalue weighted by molar-refractivity contribution is 6.31. The molecule has 0 spiro atoms. The maximum atomic E-state index is 13.5. The molecule has 0 atom stereocenters. The number of phenols is 2.